The highest BCUT2D eigenvalue weighted by Crippen LogP contribution is 2.29. The van der Waals surface area contributed by atoms with Crippen LogP contribution in [0.2, 0.25) is 0 Å². The summed E-state index contributed by atoms with van der Waals surface area (Å²) in [5.41, 5.74) is 8.07. The fraction of sp³-hybridized carbons (Fsp3) is 0.412. The average molecular weight is 317 g/mol. The van der Waals surface area contributed by atoms with Crippen LogP contribution in [0.25, 0.3) is 0 Å². The lowest BCUT2D eigenvalue weighted by atomic mass is 10.2. The van der Waals surface area contributed by atoms with Crippen molar-refractivity contribution < 1.29 is 4.74 Å². The van der Waals surface area contributed by atoms with E-state index in [0.29, 0.717) is 6.61 Å². The number of rotatable bonds is 6. The maximum absolute atomic E-state index is 6.04. The highest BCUT2D eigenvalue weighted by atomic mass is 32.1. The third kappa shape index (κ3) is 3.80. The van der Waals surface area contributed by atoms with Gasteiger partial charge in [0, 0.05) is 39.3 Å². The smallest absolute Gasteiger partial charge is 0.143 e. The summed E-state index contributed by atoms with van der Waals surface area (Å²) < 4.78 is 6.04. The molecule has 1 saturated heterocycles. The van der Waals surface area contributed by atoms with Crippen molar-refractivity contribution in [2.24, 2.45) is 5.73 Å². The second kappa shape index (κ2) is 7.63. The van der Waals surface area contributed by atoms with Crippen LogP contribution >= 0.6 is 11.3 Å². The lowest BCUT2D eigenvalue weighted by Gasteiger charge is -2.36. The Morgan fingerprint density at radius 2 is 1.91 bits per heavy atom. The first kappa shape index (κ1) is 15.3. The van der Waals surface area contributed by atoms with Gasteiger partial charge in [0.1, 0.15) is 12.4 Å². The molecule has 0 amide bonds. The SMILES string of the molecule is NCCN1CCN(c2ccccc2OCc2ccsc2)CC1. The largest absolute Gasteiger partial charge is 0.487 e. The number of hydrogen-bond acceptors (Lipinski definition) is 5. The summed E-state index contributed by atoms with van der Waals surface area (Å²) in [6, 6.07) is 10.4. The average Bonchev–Trinajstić information content (AvgIpc) is 3.08. The minimum Gasteiger partial charge on any atom is -0.487 e. The normalized spacial score (nSPS) is 16.0. The van der Waals surface area contributed by atoms with Crippen LogP contribution in [0.5, 0.6) is 5.75 Å². The number of para-hydroxylation sites is 2. The molecule has 2 aromatic rings. The predicted molar refractivity (Wildman–Crippen MR) is 92.8 cm³/mol. The predicted octanol–water partition coefficient (Wildman–Crippen LogP) is 2.41. The Balaban J connectivity index is 1.64. The summed E-state index contributed by atoms with van der Waals surface area (Å²) in [5, 5.41) is 4.22. The molecule has 0 radical (unpaired) electrons. The van der Waals surface area contributed by atoms with E-state index in [1.807, 2.05) is 6.07 Å². The lowest BCUT2D eigenvalue weighted by molar-refractivity contribution is 0.262. The molecule has 1 aromatic carbocycles. The van der Waals surface area contributed by atoms with E-state index in [9.17, 15) is 0 Å². The Kier molecular flexibility index (Phi) is 5.32. The molecular formula is C17H23N3OS. The second-order valence-corrected chi connectivity index (χ2v) is 6.29. The van der Waals surface area contributed by atoms with Gasteiger partial charge in [-0.15, -0.1) is 0 Å². The van der Waals surface area contributed by atoms with Gasteiger partial charge in [-0.25, -0.2) is 0 Å². The quantitative estimate of drug-likeness (QED) is 0.888. The second-order valence-electron chi connectivity index (χ2n) is 5.51. The molecule has 22 heavy (non-hydrogen) atoms. The van der Waals surface area contributed by atoms with Crippen molar-refractivity contribution in [3.8, 4) is 5.75 Å². The van der Waals surface area contributed by atoms with E-state index in [2.05, 4.69) is 44.8 Å². The van der Waals surface area contributed by atoms with Crippen molar-refractivity contribution in [1.29, 1.82) is 0 Å². The van der Waals surface area contributed by atoms with Gasteiger partial charge >= 0.3 is 0 Å². The number of nitrogens with zero attached hydrogens (tertiary/aromatic N) is 2. The Morgan fingerprint density at radius 1 is 1.09 bits per heavy atom. The molecule has 0 saturated carbocycles. The molecule has 1 fully saturated rings. The molecule has 3 rings (SSSR count). The van der Waals surface area contributed by atoms with E-state index in [0.717, 1.165) is 45.0 Å². The zero-order chi connectivity index (χ0) is 15.2. The van der Waals surface area contributed by atoms with Crippen molar-refractivity contribution in [3.63, 3.8) is 0 Å². The monoisotopic (exact) mass is 317 g/mol. The highest BCUT2D eigenvalue weighted by Gasteiger charge is 2.19. The van der Waals surface area contributed by atoms with Crippen molar-refractivity contribution in [3.05, 3.63) is 46.7 Å². The molecular weight excluding hydrogens is 294 g/mol. The summed E-state index contributed by atoms with van der Waals surface area (Å²) in [5.74, 6) is 0.973. The van der Waals surface area contributed by atoms with Crippen LogP contribution in [0.3, 0.4) is 0 Å². The number of benzene rings is 1. The number of piperazine rings is 1. The zero-order valence-corrected chi connectivity index (χ0v) is 13.6. The first-order valence-corrected chi connectivity index (χ1v) is 8.71. The van der Waals surface area contributed by atoms with Crippen molar-refractivity contribution in [1.82, 2.24) is 4.90 Å². The Morgan fingerprint density at radius 3 is 2.64 bits per heavy atom. The van der Waals surface area contributed by atoms with E-state index >= 15 is 0 Å². The number of anilines is 1. The molecule has 0 unspecified atom stereocenters. The van der Waals surface area contributed by atoms with E-state index in [-0.39, 0.29) is 0 Å². The van der Waals surface area contributed by atoms with Gasteiger partial charge in [0.2, 0.25) is 0 Å². The highest BCUT2D eigenvalue weighted by molar-refractivity contribution is 7.07. The van der Waals surface area contributed by atoms with Gasteiger partial charge in [0.15, 0.2) is 0 Å². The summed E-state index contributed by atoms with van der Waals surface area (Å²) in [6.45, 7) is 6.54. The summed E-state index contributed by atoms with van der Waals surface area (Å²) in [4.78, 5) is 4.83. The molecule has 0 aliphatic carbocycles. The molecule has 1 aromatic heterocycles. The summed E-state index contributed by atoms with van der Waals surface area (Å²) >= 11 is 1.71. The van der Waals surface area contributed by atoms with E-state index in [4.69, 9.17) is 10.5 Å². The third-order valence-electron chi connectivity index (χ3n) is 4.00. The number of hydrogen-bond donors (Lipinski definition) is 1. The van der Waals surface area contributed by atoms with Gasteiger partial charge in [-0.3, -0.25) is 4.90 Å². The van der Waals surface area contributed by atoms with Crippen LogP contribution in [-0.4, -0.2) is 44.2 Å². The summed E-state index contributed by atoms with van der Waals surface area (Å²) in [6.07, 6.45) is 0. The minimum absolute atomic E-state index is 0.633. The molecule has 1 aliphatic rings. The number of ether oxygens (including phenoxy) is 1. The van der Waals surface area contributed by atoms with Crippen LogP contribution in [-0.2, 0) is 6.61 Å². The van der Waals surface area contributed by atoms with Crippen LogP contribution in [0.1, 0.15) is 5.56 Å². The molecule has 0 spiro atoms. The van der Waals surface area contributed by atoms with Gasteiger partial charge in [0.05, 0.1) is 5.69 Å². The van der Waals surface area contributed by atoms with E-state index < -0.39 is 0 Å². The zero-order valence-electron chi connectivity index (χ0n) is 12.8. The maximum Gasteiger partial charge on any atom is 0.143 e. The fourth-order valence-corrected chi connectivity index (χ4v) is 3.42. The van der Waals surface area contributed by atoms with Gasteiger partial charge < -0.3 is 15.4 Å². The first-order valence-electron chi connectivity index (χ1n) is 7.77. The molecule has 4 nitrogen and oxygen atoms in total. The molecule has 2 heterocycles. The van der Waals surface area contributed by atoms with Crippen LogP contribution < -0.4 is 15.4 Å². The van der Waals surface area contributed by atoms with Crippen LogP contribution in [0.4, 0.5) is 5.69 Å². The van der Waals surface area contributed by atoms with Crippen LogP contribution in [0, 0.1) is 0 Å². The van der Waals surface area contributed by atoms with E-state index in [1.165, 1.54) is 11.3 Å². The van der Waals surface area contributed by atoms with Crippen molar-refractivity contribution >= 4 is 17.0 Å². The topological polar surface area (TPSA) is 41.7 Å². The minimum atomic E-state index is 0.633. The lowest BCUT2D eigenvalue weighted by Crippen LogP contribution is -2.47. The molecule has 0 atom stereocenters. The van der Waals surface area contributed by atoms with Gasteiger partial charge in [-0.2, -0.15) is 11.3 Å². The number of nitrogens with two attached hydrogens (primary N) is 1. The van der Waals surface area contributed by atoms with Crippen molar-refractivity contribution in [2.45, 2.75) is 6.61 Å². The van der Waals surface area contributed by atoms with Gasteiger partial charge in [-0.05, 0) is 34.5 Å². The fourth-order valence-electron chi connectivity index (χ4n) is 2.77. The Bertz CT molecular complexity index is 565. The van der Waals surface area contributed by atoms with Gasteiger partial charge in [-0.1, -0.05) is 12.1 Å². The third-order valence-corrected chi connectivity index (χ3v) is 4.73. The first-order chi connectivity index (χ1) is 10.9. The van der Waals surface area contributed by atoms with Crippen molar-refractivity contribution in [2.75, 3.05) is 44.2 Å². The number of thiophene rings is 1. The van der Waals surface area contributed by atoms with Gasteiger partial charge in [0.25, 0.3) is 0 Å². The van der Waals surface area contributed by atoms with E-state index in [1.54, 1.807) is 11.3 Å². The molecule has 5 heteroatoms. The molecule has 118 valence electrons. The standard InChI is InChI=1S/C17H23N3OS/c18-6-7-19-8-10-20(11-9-19)16-3-1-2-4-17(16)21-13-15-5-12-22-14-15/h1-5,12,14H,6-11,13,18H2. The maximum atomic E-state index is 6.04. The summed E-state index contributed by atoms with van der Waals surface area (Å²) in [7, 11) is 0. The molecule has 2 N–H and O–H groups in total. The van der Waals surface area contributed by atoms with Crippen LogP contribution in [0.15, 0.2) is 41.1 Å². The Labute approximate surface area is 136 Å². The molecule has 0 bridgehead atoms. The Hall–Kier alpha value is -1.56. The molecule has 1 aliphatic heterocycles.